The molecule has 0 saturated carbocycles. The van der Waals surface area contributed by atoms with E-state index < -0.39 is 0 Å². The normalized spacial score (nSPS) is 15.7. The first kappa shape index (κ1) is 15.9. The molecule has 0 atom stereocenters. The van der Waals surface area contributed by atoms with Crippen LogP contribution in [0.2, 0.25) is 0 Å². The van der Waals surface area contributed by atoms with Crippen molar-refractivity contribution < 1.29 is 4.74 Å². The van der Waals surface area contributed by atoms with Crippen molar-refractivity contribution in [3.05, 3.63) is 42.5 Å². The van der Waals surface area contributed by atoms with Crippen LogP contribution in [-0.2, 0) is 11.3 Å². The van der Waals surface area contributed by atoms with Gasteiger partial charge in [-0.3, -0.25) is 9.58 Å². The van der Waals surface area contributed by atoms with Gasteiger partial charge in [0.15, 0.2) is 5.82 Å². The van der Waals surface area contributed by atoms with Crippen LogP contribution in [0, 0.1) is 0 Å². The molecule has 2 heterocycles. The van der Waals surface area contributed by atoms with Crippen molar-refractivity contribution in [2.24, 2.45) is 0 Å². The Morgan fingerprint density at radius 3 is 2.48 bits per heavy atom. The Morgan fingerprint density at radius 1 is 0.960 bits per heavy atom. The van der Waals surface area contributed by atoms with Crippen molar-refractivity contribution in [2.45, 2.75) is 6.54 Å². The van der Waals surface area contributed by atoms with Crippen LogP contribution in [0.15, 0.2) is 42.5 Å². The van der Waals surface area contributed by atoms with Crippen LogP contribution in [0.5, 0.6) is 0 Å². The third kappa shape index (κ3) is 3.18. The molecule has 1 aromatic heterocycles. The maximum absolute atomic E-state index is 6.26. The number of morpholine rings is 1. The Kier molecular flexibility index (Phi) is 4.29. The quantitative estimate of drug-likeness (QED) is 0.713. The van der Waals surface area contributed by atoms with E-state index >= 15 is 0 Å². The van der Waals surface area contributed by atoms with Gasteiger partial charge in [0.05, 0.1) is 30.7 Å². The molecule has 25 heavy (non-hydrogen) atoms. The second-order valence-corrected chi connectivity index (χ2v) is 6.38. The van der Waals surface area contributed by atoms with E-state index in [1.54, 1.807) is 0 Å². The molecule has 1 aliphatic rings. The van der Waals surface area contributed by atoms with Crippen molar-refractivity contribution in [3.8, 4) is 11.1 Å². The summed E-state index contributed by atoms with van der Waals surface area (Å²) in [6.45, 7) is 5.34. The number of nitrogens with two attached hydrogens (primary N) is 2. The zero-order valence-corrected chi connectivity index (χ0v) is 14.2. The fourth-order valence-corrected chi connectivity index (χ4v) is 3.39. The van der Waals surface area contributed by atoms with Crippen molar-refractivity contribution in [2.75, 3.05) is 44.3 Å². The monoisotopic (exact) mass is 337 g/mol. The number of benzene rings is 2. The highest BCUT2D eigenvalue weighted by molar-refractivity contribution is 6.02. The van der Waals surface area contributed by atoms with Gasteiger partial charge in [-0.2, -0.15) is 5.10 Å². The molecule has 0 radical (unpaired) electrons. The average Bonchev–Trinajstić information content (AvgIpc) is 2.98. The highest BCUT2D eigenvalue weighted by Crippen LogP contribution is 2.32. The van der Waals surface area contributed by atoms with E-state index in [0.29, 0.717) is 5.82 Å². The number of hydrogen-bond donors (Lipinski definition) is 2. The third-order valence-electron chi connectivity index (χ3n) is 4.76. The molecule has 1 fully saturated rings. The van der Waals surface area contributed by atoms with Gasteiger partial charge in [-0.25, -0.2) is 0 Å². The van der Waals surface area contributed by atoms with Crippen LogP contribution in [0.3, 0.4) is 0 Å². The number of hydrogen-bond acceptors (Lipinski definition) is 5. The van der Waals surface area contributed by atoms with E-state index in [4.69, 9.17) is 16.2 Å². The SMILES string of the molecule is Nc1ccc(-c2cccc3c2c(N)nn3CCN2CCOCC2)cc1. The molecular weight excluding hydrogens is 314 g/mol. The van der Waals surface area contributed by atoms with Crippen molar-refractivity contribution in [1.82, 2.24) is 14.7 Å². The van der Waals surface area contributed by atoms with Gasteiger partial charge >= 0.3 is 0 Å². The highest BCUT2D eigenvalue weighted by atomic mass is 16.5. The van der Waals surface area contributed by atoms with E-state index in [1.165, 1.54) is 0 Å². The fraction of sp³-hybridized carbons (Fsp3) is 0.316. The lowest BCUT2D eigenvalue weighted by Crippen LogP contribution is -2.38. The fourth-order valence-electron chi connectivity index (χ4n) is 3.39. The minimum Gasteiger partial charge on any atom is -0.399 e. The zero-order chi connectivity index (χ0) is 17.2. The van der Waals surface area contributed by atoms with Crippen LogP contribution in [-0.4, -0.2) is 47.5 Å². The molecule has 0 spiro atoms. The summed E-state index contributed by atoms with van der Waals surface area (Å²) in [4.78, 5) is 2.40. The average molecular weight is 337 g/mol. The number of ether oxygens (including phenoxy) is 1. The van der Waals surface area contributed by atoms with E-state index in [9.17, 15) is 0 Å². The highest BCUT2D eigenvalue weighted by Gasteiger charge is 2.15. The summed E-state index contributed by atoms with van der Waals surface area (Å²) in [6.07, 6.45) is 0. The molecule has 4 rings (SSSR count). The van der Waals surface area contributed by atoms with Gasteiger partial charge in [-0.05, 0) is 29.3 Å². The van der Waals surface area contributed by atoms with E-state index in [0.717, 1.165) is 67.1 Å². The Morgan fingerprint density at radius 2 is 1.72 bits per heavy atom. The predicted molar refractivity (Wildman–Crippen MR) is 101 cm³/mol. The van der Waals surface area contributed by atoms with E-state index in [-0.39, 0.29) is 0 Å². The summed E-state index contributed by atoms with van der Waals surface area (Å²) in [5, 5.41) is 5.60. The summed E-state index contributed by atoms with van der Waals surface area (Å²) in [5.41, 5.74) is 16.1. The molecule has 0 bridgehead atoms. The molecule has 4 N–H and O–H groups in total. The molecule has 0 amide bonds. The second kappa shape index (κ2) is 6.74. The van der Waals surface area contributed by atoms with Crippen LogP contribution < -0.4 is 11.5 Å². The van der Waals surface area contributed by atoms with Crippen LogP contribution in [0.4, 0.5) is 11.5 Å². The molecular formula is C19H23N5O. The lowest BCUT2D eigenvalue weighted by atomic mass is 10.0. The number of nitrogen functional groups attached to an aromatic ring is 2. The van der Waals surface area contributed by atoms with Crippen molar-refractivity contribution in [1.29, 1.82) is 0 Å². The minimum absolute atomic E-state index is 0.574. The first-order chi connectivity index (χ1) is 12.2. The summed E-state index contributed by atoms with van der Waals surface area (Å²) < 4.78 is 7.42. The van der Waals surface area contributed by atoms with Gasteiger partial charge < -0.3 is 16.2 Å². The molecule has 0 unspecified atom stereocenters. The van der Waals surface area contributed by atoms with Crippen LogP contribution in [0.25, 0.3) is 22.0 Å². The molecule has 1 saturated heterocycles. The van der Waals surface area contributed by atoms with Gasteiger partial charge in [0.1, 0.15) is 0 Å². The summed E-state index contributed by atoms with van der Waals surface area (Å²) >= 11 is 0. The molecule has 6 nitrogen and oxygen atoms in total. The number of aromatic nitrogens is 2. The van der Waals surface area contributed by atoms with E-state index in [1.807, 2.05) is 28.9 Å². The van der Waals surface area contributed by atoms with Crippen molar-refractivity contribution in [3.63, 3.8) is 0 Å². The topological polar surface area (TPSA) is 82.3 Å². The maximum Gasteiger partial charge on any atom is 0.154 e. The Hall–Kier alpha value is -2.57. The number of anilines is 2. The number of rotatable bonds is 4. The van der Waals surface area contributed by atoms with E-state index in [2.05, 4.69) is 28.2 Å². The predicted octanol–water partition coefficient (Wildman–Crippen LogP) is 2.20. The third-order valence-corrected chi connectivity index (χ3v) is 4.76. The lowest BCUT2D eigenvalue weighted by Gasteiger charge is -2.26. The van der Waals surface area contributed by atoms with Gasteiger partial charge in [0.25, 0.3) is 0 Å². The molecule has 6 heteroatoms. The lowest BCUT2D eigenvalue weighted by molar-refractivity contribution is 0.0361. The largest absolute Gasteiger partial charge is 0.399 e. The minimum atomic E-state index is 0.574. The first-order valence-corrected chi connectivity index (χ1v) is 8.63. The summed E-state index contributed by atoms with van der Waals surface area (Å²) in [6, 6.07) is 14.1. The zero-order valence-electron chi connectivity index (χ0n) is 14.2. The Labute approximate surface area is 147 Å². The Bertz CT molecular complexity index is 865. The molecule has 130 valence electrons. The molecule has 1 aliphatic heterocycles. The van der Waals surface area contributed by atoms with Crippen LogP contribution >= 0.6 is 0 Å². The van der Waals surface area contributed by atoms with Gasteiger partial charge in [-0.15, -0.1) is 0 Å². The van der Waals surface area contributed by atoms with Crippen LogP contribution in [0.1, 0.15) is 0 Å². The summed E-state index contributed by atoms with van der Waals surface area (Å²) in [7, 11) is 0. The second-order valence-electron chi connectivity index (χ2n) is 6.38. The van der Waals surface area contributed by atoms with Gasteiger partial charge in [-0.1, -0.05) is 24.3 Å². The smallest absolute Gasteiger partial charge is 0.154 e. The van der Waals surface area contributed by atoms with Crippen molar-refractivity contribution >= 4 is 22.4 Å². The molecule has 2 aromatic carbocycles. The number of fused-ring (bicyclic) bond motifs is 1. The Balaban J connectivity index is 1.66. The molecule has 3 aromatic rings. The number of nitrogens with zero attached hydrogens (tertiary/aromatic N) is 3. The molecule has 0 aliphatic carbocycles. The summed E-state index contributed by atoms with van der Waals surface area (Å²) in [5.74, 6) is 0.574. The van der Waals surface area contributed by atoms with Gasteiger partial charge in [0, 0.05) is 25.3 Å². The van der Waals surface area contributed by atoms with Gasteiger partial charge in [0.2, 0.25) is 0 Å². The standard InChI is InChI=1S/C19H23N5O/c20-15-6-4-14(5-7-15)16-2-1-3-17-18(16)19(21)22-24(17)9-8-23-10-12-25-13-11-23/h1-7H,8-13,20H2,(H2,21,22). The first-order valence-electron chi connectivity index (χ1n) is 8.63. The maximum atomic E-state index is 6.26.